The first kappa shape index (κ1) is 22.7. The Morgan fingerprint density at radius 1 is 1.07 bits per heavy atom. The minimum absolute atomic E-state index is 0.0741. The molecule has 0 spiro atoms. The molecule has 162 valence electrons. The molecule has 2 fully saturated rings. The fraction of sp³-hybridized carbons (Fsp3) is 0.409. The van der Waals surface area contributed by atoms with Gasteiger partial charge in [0, 0.05) is 11.1 Å². The molecule has 30 heavy (non-hydrogen) atoms. The Morgan fingerprint density at radius 3 is 2.33 bits per heavy atom. The molecule has 2 N–H and O–H groups in total. The third-order valence-corrected chi connectivity index (χ3v) is 6.60. The lowest BCUT2D eigenvalue weighted by Gasteiger charge is -2.24. The minimum Gasteiger partial charge on any atom is -0.460 e. The van der Waals surface area contributed by atoms with E-state index in [4.69, 9.17) is 20.9 Å². The minimum atomic E-state index is -4.00. The quantitative estimate of drug-likeness (QED) is 0.533. The molecule has 2 aromatic rings. The highest BCUT2D eigenvalue weighted by Gasteiger charge is 2.38. The van der Waals surface area contributed by atoms with Crippen molar-refractivity contribution in [2.45, 2.75) is 55.7 Å². The average Bonchev–Trinajstić information content (AvgIpc) is 3.18. The second kappa shape index (κ2) is 10.4. The summed E-state index contributed by atoms with van der Waals surface area (Å²) in [7, 11) is -4.00. The van der Waals surface area contributed by atoms with Gasteiger partial charge in [0.05, 0.1) is 4.90 Å². The lowest BCUT2D eigenvalue weighted by molar-refractivity contribution is -0.147. The molecule has 1 saturated heterocycles. The average molecular weight is 452 g/mol. The van der Waals surface area contributed by atoms with Crippen LogP contribution in [0.15, 0.2) is 59.5 Å². The van der Waals surface area contributed by atoms with Crippen LogP contribution in [0, 0.1) is 5.92 Å². The number of halogens is 1. The molecule has 1 aliphatic heterocycles. The van der Waals surface area contributed by atoms with Crippen LogP contribution >= 0.6 is 11.6 Å². The van der Waals surface area contributed by atoms with Crippen molar-refractivity contribution in [3.63, 3.8) is 0 Å². The standard InChI is InChI=1S/C16H20ClNO2.C6H6O3S/c17-13-7-5-11(6-8-13)10-20-16(19)15-9-12-3-1-2-4-14(12)18-15;7-10(8,9)6-4-2-1-3-5-6/h5-8,12,14-15,18H,1-4,9-10H2;1-5H,(H,7,8,9)/t12-,14-,15-;/m0./s1. The number of fused-ring (bicyclic) bond motifs is 1. The maximum atomic E-state index is 12.1. The van der Waals surface area contributed by atoms with E-state index >= 15 is 0 Å². The van der Waals surface area contributed by atoms with Crippen molar-refractivity contribution in [2.24, 2.45) is 5.92 Å². The zero-order valence-corrected chi connectivity index (χ0v) is 18.1. The molecule has 2 aliphatic rings. The van der Waals surface area contributed by atoms with Gasteiger partial charge in [-0.25, -0.2) is 0 Å². The SMILES string of the molecule is O=C(OCc1ccc(Cl)cc1)[C@@H]1C[C@@H]2CCCC[C@@H]2N1.O=S(=O)(O)c1ccccc1. The predicted octanol–water partition coefficient (Wildman–Crippen LogP) is 4.24. The zero-order chi connectivity index (χ0) is 21.6. The van der Waals surface area contributed by atoms with E-state index in [1.807, 2.05) is 24.3 Å². The fourth-order valence-corrected chi connectivity index (χ4v) is 4.56. The largest absolute Gasteiger partial charge is 0.460 e. The molecule has 0 amide bonds. The van der Waals surface area contributed by atoms with E-state index in [0.29, 0.717) is 23.6 Å². The van der Waals surface area contributed by atoms with Gasteiger partial charge in [-0.2, -0.15) is 8.42 Å². The number of hydrogen-bond acceptors (Lipinski definition) is 5. The van der Waals surface area contributed by atoms with Crippen LogP contribution < -0.4 is 5.32 Å². The first-order chi connectivity index (χ1) is 14.3. The number of benzene rings is 2. The molecule has 0 aromatic heterocycles. The predicted molar refractivity (Wildman–Crippen MR) is 115 cm³/mol. The normalized spacial score (nSPS) is 23.1. The molecule has 4 rings (SSSR count). The van der Waals surface area contributed by atoms with Crippen molar-refractivity contribution >= 4 is 27.7 Å². The summed E-state index contributed by atoms with van der Waals surface area (Å²) in [4.78, 5) is 12.0. The number of carbonyl (C=O) groups is 1. The maximum Gasteiger partial charge on any atom is 0.323 e. The van der Waals surface area contributed by atoms with Crippen molar-refractivity contribution in [1.82, 2.24) is 5.32 Å². The lowest BCUT2D eigenvalue weighted by Crippen LogP contribution is -2.37. The highest BCUT2D eigenvalue weighted by molar-refractivity contribution is 7.85. The van der Waals surface area contributed by atoms with Gasteiger partial charge in [-0.3, -0.25) is 9.35 Å². The summed E-state index contributed by atoms with van der Waals surface area (Å²) in [5, 5.41) is 4.14. The summed E-state index contributed by atoms with van der Waals surface area (Å²) in [5.74, 6) is 0.547. The van der Waals surface area contributed by atoms with E-state index < -0.39 is 10.1 Å². The van der Waals surface area contributed by atoms with Gasteiger partial charge in [-0.05, 0) is 55.0 Å². The molecule has 6 nitrogen and oxygen atoms in total. The molecule has 3 atom stereocenters. The van der Waals surface area contributed by atoms with E-state index in [-0.39, 0.29) is 16.9 Å². The second-order valence-electron chi connectivity index (χ2n) is 7.63. The first-order valence-corrected chi connectivity index (χ1v) is 11.8. The molecule has 8 heteroatoms. The summed E-state index contributed by atoms with van der Waals surface area (Å²) in [5.41, 5.74) is 0.971. The van der Waals surface area contributed by atoms with Gasteiger partial charge < -0.3 is 10.1 Å². The van der Waals surface area contributed by atoms with Crippen LogP contribution in [-0.4, -0.2) is 31.0 Å². The van der Waals surface area contributed by atoms with Crippen LogP contribution in [0.2, 0.25) is 5.02 Å². The van der Waals surface area contributed by atoms with Crippen molar-refractivity contribution in [1.29, 1.82) is 0 Å². The third-order valence-electron chi connectivity index (χ3n) is 5.48. The molecule has 2 aromatic carbocycles. The first-order valence-electron chi connectivity index (χ1n) is 10.0. The lowest BCUT2D eigenvalue weighted by atomic mass is 9.85. The summed E-state index contributed by atoms with van der Waals surface area (Å²) in [6, 6.07) is 15.2. The van der Waals surface area contributed by atoms with Crippen LogP contribution in [0.4, 0.5) is 0 Å². The van der Waals surface area contributed by atoms with E-state index in [2.05, 4.69) is 5.32 Å². The zero-order valence-electron chi connectivity index (χ0n) is 16.5. The molecule has 0 radical (unpaired) electrons. The van der Waals surface area contributed by atoms with E-state index in [1.54, 1.807) is 18.2 Å². The Hall–Kier alpha value is -1.93. The monoisotopic (exact) mass is 451 g/mol. The van der Waals surface area contributed by atoms with Gasteiger partial charge in [0.2, 0.25) is 0 Å². The van der Waals surface area contributed by atoms with Gasteiger partial charge >= 0.3 is 5.97 Å². The van der Waals surface area contributed by atoms with Gasteiger partial charge in [0.1, 0.15) is 12.6 Å². The number of nitrogens with one attached hydrogen (secondary N) is 1. The summed E-state index contributed by atoms with van der Waals surface area (Å²) >= 11 is 5.83. The van der Waals surface area contributed by atoms with Gasteiger partial charge in [-0.1, -0.05) is 54.8 Å². The van der Waals surface area contributed by atoms with Crippen LogP contribution in [0.3, 0.4) is 0 Å². The van der Waals surface area contributed by atoms with Crippen molar-refractivity contribution < 1.29 is 22.5 Å². The van der Waals surface area contributed by atoms with Gasteiger partial charge in [-0.15, -0.1) is 0 Å². The molecular weight excluding hydrogens is 426 g/mol. The van der Waals surface area contributed by atoms with Crippen LogP contribution in [-0.2, 0) is 26.3 Å². The van der Waals surface area contributed by atoms with Crippen LogP contribution in [0.5, 0.6) is 0 Å². The molecular formula is C22H26ClNO5S. The smallest absolute Gasteiger partial charge is 0.323 e. The number of esters is 1. The molecule has 0 bridgehead atoms. The van der Waals surface area contributed by atoms with Crippen molar-refractivity contribution in [2.75, 3.05) is 0 Å². The van der Waals surface area contributed by atoms with E-state index in [0.717, 1.165) is 12.0 Å². The number of rotatable bonds is 4. The van der Waals surface area contributed by atoms with Crippen molar-refractivity contribution in [3.8, 4) is 0 Å². The number of hydrogen-bond donors (Lipinski definition) is 2. The molecule has 0 unspecified atom stereocenters. The fourth-order valence-electron chi connectivity index (χ4n) is 3.93. The Bertz CT molecular complexity index is 920. The second-order valence-corrected chi connectivity index (χ2v) is 9.49. The topological polar surface area (TPSA) is 92.7 Å². The summed E-state index contributed by atoms with van der Waals surface area (Å²) in [6.07, 6.45) is 5.96. The highest BCUT2D eigenvalue weighted by atomic mass is 35.5. The van der Waals surface area contributed by atoms with Gasteiger partial charge in [0.15, 0.2) is 0 Å². The van der Waals surface area contributed by atoms with Gasteiger partial charge in [0.25, 0.3) is 10.1 Å². The summed E-state index contributed by atoms with van der Waals surface area (Å²) in [6.45, 7) is 0.323. The van der Waals surface area contributed by atoms with E-state index in [9.17, 15) is 13.2 Å². The Morgan fingerprint density at radius 2 is 1.73 bits per heavy atom. The molecule has 1 heterocycles. The van der Waals surface area contributed by atoms with E-state index in [1.165, 1.54) is 37.8 Å². The van der Waals surface area contributed by atoms with Crippen molar-refractivity contribution in [3.05, 3.63) is 65.2 Å². The Labute approximate surface area is 182 Å². The maximum absolute atomic E-state index is 12.1. The molecule has 1 saturated carbocycles. The number of carbonyl (C=O) groups excluding carboxylic acids is 1. The van der Waals surface area contributed by atoms with Crippen LogP contribution in [0.25, 0.3) is 0 Å². The highest BCUT2D eigenvalue weighted by Crippen LogP contribution is 2.33. The Kier molecular flexibility index (Phi) is 7.88. The molecule has 1 aliphatic carbocycles. The number of ether oxygens (including phenoxy) is 1. The van der Waals surface area contributed by atoms with Crippen LogP contribution in [0.1, 0.15) is 37.7 Å². The third kappa shape index (κ3) is 6.54. The summed E-state index contributed by atoms with van der Waals surface area (Å²) < 4.78 is 34.7. The Balaban J connectivity index is 0.000000216.